The Morgan fingerprint density at radius 1 is 1.25 bits per heavy atom. The molecule has 0 saturated carbocycles. The fourth-order valence-electron chi connectivity index (χ4n) is 1.75. The molecule has 1 aromatic rings. The predicted molar refractivity (Wildman–Crippen MR) is 73.7 cm³/mol. The Kier molecular flexibility index (Phi) is 4.86. The number of alkyl halides is 2. The normalized spacial score (nSPS) is 13.9. The van der Waals surface area contributed by atoms with Crippen molar-refractivity contribution in [1.82, 2.24) is 0 Å². The van der Waals surface area contributed by atoms with Gasteiger partial charge < -0.3 is 10.5 Å². The average molecular weight is 285 g/mol. The zero-order valence-electron chi connectivity index (χ0n) is 12.2. The zero-order chi connectivity index (χ0) is 15.6. The minimum absolute atomic E-state index is 0.0771. The summed E-state index contributed by atoms with van der Waals surface area (Å²) >= 11 is 0. The van der Waals surface area contributed by atoms with Gasteiger partial charge in [-0.15, -0.1) is 0 Å². The van der Waals surface area contributed by atoms with Crippen LogP contribution in [0.1, 0.15) is 44.9 Å². The van der Waals surface area contributed by atoms with E-state index in [0.29, 0.717) is 0 Å². The van der Waals surface area contributed by atoms with Crippen LogP contribution in [0, 0.1) is 0 Å². The molecule has 0 saturated heterocycles. The summed E-state index contributed by atoms with van der Waals surface area (Å²) in [6.07, 6.45) is 0. The largest absolute Gasteiger partial charge is 0.462 e. The highest BCUT2D eigenvalue weighted by Crippen LogP contribution is 2.32. The molecule has 0 radical (unpaired) electrons. The van der Waals surface area contributed by atoms with Gasteiger partial charge in [-0.05, 0) is 23.5 Å². The molecule has 3 nitrogen and oxygen atoms in total. The number of halogens is 2. The van der Waals surface area contributed by atoms with E-state index in [9.17, 15) is 13.6 Å². The topological polar surface area (TPSA) is 52.3 Å². The highest BCUT2D eigenvalue weighted by Gasteiger charge is 2.47. The molecule has 1 rings (SSSR count). The second-order valence-corrected chi connectivity index (χ2v) is 5.69. The number of hydrogen-bond acceptors (Lipinski definition) is 3. The summed E-state index contributed by atoms with van der Waals surface area (Å²) < 4.78 is 32.0. The molecule has 0 aliphatic carbocycles. The third-order valence-corrected chi connectivity index (χ3v) is 3.07. The van der Waals surface area contributed by atoms with Crippen molar-refractivity contribution in [3.05, 3.63) is 35.4 Å². The van der Waals surface area contributed by atoms with Crippen molar-refractivity contribution >= 4 is 5.97 Å². The van der Waals surface area contributed by atoms with Crippen LogP contribution in [0.5, 0.6) is 0 Å². The Bertz CT molecular complexity index is 464. The van der Waals surface area contributed by atoms with E-state index < -0.39 is 17.9 Å². The van der Waals surface area contributed by atoms with Crippen LogP contribution in [-0.2, 0) is 14.9 Å². The zero-order valence-corrected chi connectivity index (χ0v) is 12.2. The first-order valence-corrected chi connectivity index (χ1v) is 6.51. The van der Waals surface area contributed by atoms with Gasteiger partial charge >= 0.3 is 11.9 Å². The van der Waals surface area contributed by atoms with Crippen molar-refractivity contribution in [2.24, 2.45) is 5.73 Å². The highest BCUT2D eigenvalue weighted by molar-refractivity contribution is 5.78. The lowest BCUT2D eigenvalue weighted by molar-refractivity contribution is -0.174. The van der Waals surface area contributed by atoms with Crippen molar-refractivity contribution in [3.63, 3.8) is 0 Å². The molecule has 0 heterocycles. The second kappa shape index (κ2) is 5.87. The van der Waals surface area contributed by atoms with Gasteiger partial charge in [0.15, 0.2) is 0 Å². The predicted octanol–water partition coefficient (Wildman–Crippen LogP) is 3.18. The average Bonchev–Trinajstić information content (AvgIpc) is 2.37. The summed E-state index contributed by atoms with van der Waals surface area (Å²) in [4.78, 5) is 11.3. The van der Waals surface area contributed by atoms with E-state index in [-0.39, 0.29) is 17.6 Å². The van der Waals surface area contributed by atoms with E-state index in [1.807, 2.05) is 20.8 Å². The number of esters is 1. The molecule has 2 N–H and O–H groups in total. The second-order valence-electron chi connectivity index (χ2n) is 5.69. The Morgan fingerprint density at radius 3 is 2.15 bits per heavy atom. The summed E-state index contributed by atoms with van der Waals surface area (Å²) in [5.74, 6) is -5.33. The highest BCUT2D eigenvalue weighted by atomic mass is 19.3. The fourth-order valence-corrected chi connectivity index (χ4v) is 1.75. The van der Waals surface area contributed by atoms with Gasteiger partial charge in [0, 0.05) is 0 Å². The van der Waals surface area contributed by atoms with Crippen LogP contribution in [0.25, 0.3) is 0 Å². The molecule has 0 fully saturated rings. The van der Waals surface area contributed by atoms with Crippen molar-refractivity contribution in [2.75, 3.05) is 6.61 Å². The van der Waals surface area contributed by atoms with Gasteiger partial charge in [0.1, 0.15) is 6.04 Å². The lowest BCUT2D eigenvalue weighted by Gasteiger charge is -2.23. The Morgan fingerprint density at radius 2 is 1.75 bits per heavy atom. The molecule has 0 aliphatic heterocycles. The first-order chi connectivity index (χ1) is 9.10. The van der Waals surface area contributed by atoms with Gasteiger partial charge in [0.2, 0.25) is 0 Å². The van der Waals surface area contributed by atoms with Crippen LogP contribution < -0.4 is 5.73 Å². The molecule has 1 atom stereocenters. The van der Waals surface area contributed by atoms with E-state index in [2.05, 4.69) is 4.74 Å². The molecule has 5 heteroatoms. The van der Waals surface area contributed by atoms with Crippen LogP contribution in [0.15, 0.2) is 24.3 Å². The van der Waals surface area contributed by atoms with Gasteiger partial charge in [-0.2, -0.15) is 8.78 Å². The number of nitrogens with two attached hydrogens (primary N) is 1. The van der Waals surface area contributed by atoms with E-state index in [4.69, 9.17) is 5.73 Å². The van der Waals surface area contributed by atoms with Crippen LogP contribution in [0.4, 0.5) is 8.78 Å². The van der Waals surface area contributed by atoms with Crippen molar-refractivity contribution in [3.8, 4) is 0 Å². The standard InChI is InChI=1S/C15H21F2NO2/c1-5-20-13(19)15(16,17)12(18)10-6-8-11(9-7-10)14(2,3)4/h6-9,12H,5,18H2,1-4H3/t12-/m1/s1. The first-order valence-electron chi connectivity index (χ1n) is 6.51. The monoisotopic (exact) mass is 285 g/mol. The van der Waals surface area contributed by atoms with Gasteiger partial charge in [-0.1, -0.05) is 45.0 Å². The van der Waals surface area contributed by atoms with Crippen LogP contribution >= 0.6 is 0 Å². The fraction of sp³-hybridized carbons (Fsp3) is 0.533. The number of carbonyl (C=O) groups is 1. The quantitative estimate of drug-likeness (QED) is 0.864. The number of hydrogen-bond donors (Lipinski definition) is 1. The first kappa shape index (κ1) is 16.6. The molecule has 0 unspecified atom stereocenters. The van der Waals surface area contributed by atoms with Crippen LogP contribution in [-0.4, -0.2) is 18.5 Å². The molecule has 112 valence electrons. The van der Waals surface area contributed by atoms with E-state index in [1.165, 1.54) is 19.1 Å². The Balaban J connectivity index is 2.97. The number of carbonyl (C=O) groups excluding carboxylic acids is 1. The van der Waals surface area contributed by atoms with E-state index >= 15 is 0 Å². The van der Waals surface area contributed by atoms with Crippen LogP contribution in [0.2, 0.25) is 0 Å². The molecular weight excluding hydrogens is 264 g/mol. The Hall–Kier alpha value is -1.49. The molecule has 0 spiro atoms. The lowest BCUT2D eigenvalue weighted by atomic mass is 9.86. The molecular formula is C15H21F2NO2. The molecule has 0 amide bonds. The molecule has 0 aromatic heterocycles. The van der Waals surface area contributed by atoms with Gasteiger partial charge in [-0.25, -0.2) is 4.79 Å². The van der Waals surface area contributed by atoms with Gasteiger partial charge in [0.25, 0.3) is 0 Å². The lowest BCUT2D eigenvalue weighted by Crippen LogP contribution is -2.41. The minimum Gasteiger partial charge on any atom is -0.462 e. The Labute approximate surface area is 118 Å². The molecule has 20 heavy (non-hydrogen) atoms. The van der Waals surface area contributed by atoms with Gasteiger partial charge in [0.05, 0.1) is 6.61 Å². The SMILES string of the molecule is CCOC(=O)C(F)(F)[C@H](N)c1ccc(C(C)(C)C)cc1. The molecule has 0 bridgehead atoms. The van der Waals surface area contributed by atoms with Gasteiger partial charge in [-0.3, -0.25) is 0 Å². The molecule has 0 aliphatic rings. The van der Waals surface area contributed by atoms with Crippen molar-refractivity contribution < 1.29 is 18.3 Å². The third-order valence-electron chi connectivity index (χ3n) is 3.07. The van der Waals surface area contributed by atoms with E-state index in [0.717, 1.165) is 5.56 Å². The van der Waals surface area contributed by atoms with E-state index in [1.54, 1.807) is 12.1 Å². The molecule has 1 aromatic carbocycles. The minimum atomic E-state index is -3.74. The maximum Gasteiger partial charge on any atom is 0.379 e. The number of benzene rings is 1. The summed E-state index contributed by atoms with van der Waals surface area (Å²) in [6.45, 7) is 7.43. The number of ether oxygens (including phenoxy) is 1. The summed E-state index contributed by atoms with van der Waals surface area (Å²) in [7, 11) is 0. The number of rotatable bonds is 4. The van der Waals surface area contributed by atoms with Crippen LogP contribution in [0.3, 0.4) is 0 Å². The van der Waals surface area contributed by atoms with Crippen molar-refractivity contribution in [1.29, 1.82) is 0 Å². The maximum atomic E-state index is 13.8. The maximum absolute atomic E-state index is 13.8. The smallest absolute Gasteiger partial charge is 0.379 e. The van der Waals surface area contributed by atoms with Crippen molar-refractivity contribution in [2.45, 2.75) is 45.1 Å². The summed E-state index contributed by atoms with van der Waals surface area (Å²) in [5.41, 5.74) is 6.65. The summed E-state index contributed by atoms with van der Waals surface area (Å²) in [5, 5.41) is 0. The summed E-state index contributed by atoms with van der Waals surface area (Å²) in [6, 6.07) is 4.83. The third kappa shape index (κ3) is 3.54.